The standard InChI is InChI=1S/C15H21BrN4O/c1-11(2)7-17-8-12-6-13(4-5-14(12)16)21-9-15-18-10-19-20(15)3/h4-6,10-11,17H,7-9H2,1-3H3. The summed E-state index contributed by atoms with van der Waals surface area (Å²) in [6, 6.07) is 6.01. The average Bonchev–Trinajstić information content (AvgIpc) is 2.84. The van der Waals surface area contributed by atoms with Crippen LogP contribution < -0.4 is 10.1 Å². The highest BCUT2D eigenvalue weighted by Crippen LogP contribution is 2.23. The fourth-order valence-corrected chi connectivity index (χ4v) is 2.26. The van der Waals surface area contributed by atoms with Crippen molar-refractivity contribution >= 4 is 15.9 Å². The van der Waals surface area contributed by atoms with Gasteiger partial charge >= 0.3 is 0 Å². The van der Waals surface area contributed by atoms with Gasteiger partial charge in [-0.1, -0.05) is 29.8 Å². The van der Waals surface area contributed by atoms with Gasteiger partial charge < -0.3 is 10.1 Å². The Morgan fingerprint density at radius 2 is 2.19 bits per heavy atom. The Bertz CT molecular complexity index is 583. The molecule has 2 rings (SSSR count). The number of benzene rings is 1. The van der Waals surface area contributed by atoms with Gasteiger partial charge in [0.25, 0.3) is 0 Å². The summed E-state index contributed by atoms with van der Waals surface area (Å²) in [6.45, 7) is 6.62. The van der Waals surface area contributed by atoms with Crippen molar-refractivity contribution in [2.45, 2.75) is 27.0 Å². The predicted molar refractivity (Wildman–Crippen MR) is 86.0 cm³/mol. The Balaban J connectivity index is 1.96. The summed E-state index contributed by atoms with van der Waals surface area (Å²) in [5.41, 5.74) is 1.19. The maximum absolute atomic E-state index is 5.78. The van der Waals surface area contributed by atoms with Gasteiger partial charge in [-0.2, -0.15) is 5.10 Å². The zero-order valence-electron chi connectivity index (χ0n) is 12.6. The molecule has 0 atom stereocenters. The molecule has 21 heavy (non-hydrogen) atoms. The van der Waals surface area contributed by atoms with E-state index in [0.29, 0.717) is 12.5 Å². The molecule has 0 saturated heterocycles. The number of nitrogens with zero attached hydrogens (tertiary/aromatic N) is 3. The second-order valence-corrected chi connectivity index (χ2v) is 6.22. The van der Waals surface area contributed by atoms with Gasteiger partial charge in [0.15, 0.2) is 5.82 Å². The highest BCUT2D eigenvalue weighted by Gasteiger charge is 2.05. The first-order valence-corrected chi connectivity index (χ1v) is 7.80. The van der Waals surface area contributed by atoms with Gasteiger partial charge in [0.2, 0.25) is 0 Å². The molecule has 0 aliphatic carbocycles. The molecule has 0 amide bonds. The van der Waals surface area contributed by atoms with Crippen molar-refractivity contribution in [2.24, 2.45) is 13.0 Å². The molecule has 1 aromatic heterocycles. The van der Waals surface area contributed by atoms with E-state index in [1.807, 2.05) is 25.2 Å². The number of ether oxygens (including phenoxy) is 1. The number of aromatic nitrogens is 3. The number of rotatable bonds is 7. The Morgan fingerprint density at radius 3 is 2.86 bits per heavy atom. The van der Waals surface area contributed by atoms with Crippen molar-refractivity contribution in [3.8, 4) is 5.75 Å². The fraction of sp³-hybridized carbons (Fsp3) is 0.467. The minimum atomic E-state index is 0.414. The zero-order chi connectivity index (χ0) is 15.2. The zero-order valence-corrected chi connectivity index (χ0v) is 14.2. The third-order valence-corrected chi connectivity index (χ3v) is 3.83. The third kappa shape index (κ3) is 4.82. The van der Waals surface area contributed by atoms with Gasteiger partial charge in [0, 0.05) is 18.1 Å². The van der Waals surface area contributed by atoms with Crippen molar-refractivity contribution in [2.75, 3.05) is 6.54 Å². The van der Waals surface area contributed by atoms with E-state index in [4.69, 9.17) is 4.74 Å². The largest absolute Gasteiger partial charge is 0.486 e. The summed E-state index contributed by atoms with van der Waals surface area (Å²) in [5.74, 6) is 2.28. The maximum Gasteiger partial charge on any atom is 0.164 e. The van der Waals surface area contributed by atoms with Gasteiger partial charge in [-0.05, 0) is 36.2 Å². The molecule has 5 nitrogen and oxygen atoms in total. The molecule has 0 bridgehead atoms. The summed E-state index contributed by atoms with van der Waals surface area (Å²) in [6.07, 6.45) is 1.53. The van der Waals surface area contributed by atoms with E-state index in [9.17, 15) is 0 Å². The molecule has 0 spiro atoms. The second kappa shape index (κ2) is 7.56. The molecular weight excluding hydrogens is 332 g/mol. The second-order valence-electron chi connectivity index (χ2n) is 5.37. The lowest BCUT2D eigenvalue weighted by atomic mass is 10.2. The topological polar surface area (TPSA) is 52.0 Å². The van der Waals surface area contributed by atoms with E-state index < -0.39 is 0 Å². The lowest BCUT2D eigenvalue weighted by Gasteiger charge is -2.11. The van der Waals surface area contributed by atoms with E-state index >= 15 is 0 Å². The minimum Gasteiger partial charge on any atom is -0.486 e. The van der Waals surface area contributed by atoms with Crippen LogP contribution in [0.15, 0.2) is 29.0 Å². The summed E-state index contributed by atoms with van der Waals surface area (Å²) in [7, 11) is 1.86. The number of halogens is 1. The van der Waals surface area contributed by atoms with Crippen molar-refractivity contribution in [3.05, 3.63) is 40.4 Å². The first-order chi connectivity index (χ1) is 10.1. The molecule has 0 fully saturated rings. The highest BCUT2D eigenvalue weighted by atomic mass is 79.9. The van der Waals surface area contributed by atoms with Gasteiger partial charge in [-0.25, -0.2) is 4.98 Å². The molecular formula is C15H21BrN4O. The third-order valence-electron chi connectivity index (χ3n) is 3.06. The molecule has 6 heteroatoms. The van der Waals surface area contributed by atoms with Crippen LogP contribution in [0.3, 0.4) is 0 Å². The number of hydrogen-bond donors (Lipinski definition) is 1. The van der Waals surface area contributed by atoms with Crippen LogP contribution in [0.4, 0.5) is 0 Å². The lowest BCUT2D eigenvalue weighted by molar-refractivity contribution is 0.289. The predicted octanol–water partition coefficient (Wildman–Crippen LogP) is 2.90. The van der Waals surface area contributed by atoms with Crippen molar-refractivity contribution in [1.82, 2.24) is 20.1 Å². The molecule has 0 saturated carbocycles. The SMILES string of the molecule is CC(C)CNCc1cc(OCc2ncnn2C)ccc1Br. The van der Waals surface area contributed by atoms with Crippen LogP contribution in [-0.2, 0) is 20.2 Å². The number of nitrogens with one attached hydrogen (secondary N) is 1. The normalized spacial score (nSPS) is 11.1. The van der Waals surface area contributed by atoms with Crippen LogP contribution in [0, 0.1) is 5.92 Å². The van der Waals surface area contributed by atoms with E-state index in [2.05, 4.69) is 45.2 Å². The monoisotopic (exact) mass is 352 g/mol. The molecule has 2 aromatic rings. The van der Waals surface area contributed by atoms with Crippen LogP contribution in [-0.4, -0.2) is 21.3 Å². The van der Waals surface area contributed by atoms with Crippen LogP contribution in [0.1, 0.15) is 25.2 Å². The van der Waals surface area contributed by atoms with Gasteiger partial charge in [-0.3, -0.25) is 4.68 Å². The van der Waals surface area contributed by atoms with Gasteiger partial charge in [-0.15, -0.1) is 0 Å². The Kier molecular flexibility index (Phi) is 5.76. The van der Waals surface area contributed by atoms with E-state index in [1.165, 1.54) is 11.9 Å². The molecule has 0 unspecified atom stereocenters. The van der Waals surface area contributed by atoms with Gasteiger partial charge in [0.1, 0.15) is 18.7 Å². The highest BCUT2D eigenvalue weighted by molar-refractivity contribution is 9.10. The van der Waals surface area contributed by atoms with Crippen LogP contribution >= 0.6 is 15.9 Å². The van der Waals surface area contributed by atoms with Crippen LogP contribution in [0.2, 0.25) is 0 Å². The van der Waals surface area contributed by atoms with Crippen molar-refractivity contribution in [1.29, 1.82) is 0 Å². The smallest absolute Gasteiger partial charge is 0.164 e. The average molecular weight is 353 g/mol. The number of hydrogen-bond acceptors (Lipinski definition) is 4. The molecule has 0 aliphatic heterocycles. The van der Waals surface area contributed by atoms with Crippen LogP contribution in [0.25, 0.3) is 0 Å². The van der Waals surface area contributed by atoms with Crippen LogP contribution in [0.5, 0.6) is 5.75 Å². The first kappa shape index (κ1) is 16.0. The summed E-state index contributed by atoms with van der Waals surface area (Å²) in [5, 5.41) is 7.46. The molecule has 0 aliphatic rings. The fourth-order valence-electron chi connectivity index (χ4n) is 1.87. The van der Waals surface area contributed by atoms with E-state index in [1.54, 1.807) is 4.68 Å². The lowest BCUT2D eigenvalue weighted by Crippen LogP contribution is -2.19. The Labute approximate surface area is 133 Å². The molecule has 1 heterocycles. The van der Waals surface area contributed by atoms with E-state index in [0.717, 1.165) is 29.1 Å². The number of aryl methyl sites for hydroxylation is 1. The van der Waals surface area contributed by atoms with E-state index in [-0.39, 0.29) is 0 Å². The minimum absolute atomic E-state index is 0.414. The maximum atomic E-state index is 5.78. The van der Waals surface area contributed by atoms with Gasteiger partial charge in [0.05, 0.1) is 0 Å². The summed E-state index contributed by atoms with van der Waals surface area (Å²) < 4.78 is 8.58. The quantitative estimate of drug-likeness (QED) is 0.832. The Morgan fingerprint density at radius 1 is 1.38 bits per heavy atom. The van der Waals surface area contributed by atoms with Crippen molar-refractivity contribution < 1.29 is 4.74 Å². The molecule has 1 N–H and O–H groups in total. The Hall–Kier alpha value is -1.40. The summed E-state index contributed by atoms with van der Waals surface area (Å²) >= 11 is 3.58. The molecule has 114 valence electrons. The molecule has 1 aromatic carbocycles. The van der Waals surface area contributed by atoms with Crippen molar-refractivity contribution in [3.63, 3.8) is 0 Å². The molecule has 0 radical (unpaired) electrons. The first-order valence-electron chi connectivity index (χ1n) is 7.01. The summed E-state index contributed by atoms with van der Waals surface area (Å²) in [4.78, 5) is 4.15.